The first kappa shape index (κ1) is 28.0. The number of rotatable bonds is 7. The first-order valence-corrected chi connectivity index (χ1v) is 12.1. The molecule has 3 rings (SSSR count). The maximum atomic E-state index is 13.1. The van der Waals surface area contributed by atoms with Gasteiger partial charge in [0.1, 0.15) is 11.6 Å². The molecule has 2 aromatic rings. The van der Waals surface area contributed by atoms with Crippen LogP contribution in [0.4, 0.5) is 4.39 Å². The topological polar surface area (TPSA) is 90.0 Å². The molecule has 0 radical (unpaired) electrons. The molecule has 11 heteroatoms. The molecule has 0 unspecified atom stereocenters. The van der Waals surface area contributed by atoms with Gasteiger partial charge in [0.2, 0.25) is 0 Å². The second-order valence-corrected chi connectivity index (χ2v) is 9.88. The number of amides is 1. The summed E-state index contributed by atoms with van der Waals surface area (Å²) in [6.07, 6.45) is 0. The van der Waals surface area contributed by atoms with E-state index >= 15 is 0 Å². The molecule has 0 saturated carbocycles. The first-order valence-electron chi connectivity index (χ1n) is 10.1. The van der Waals surface area contributed by atoms with Crippen LogP contribution in [0.5, 0.6) is 5.75 Å². The Kier molecular flexibility index (Phi) is 10.2. The van der Waals surface area contributed by atoms with Crippen molar-refractivity contribution in [3.05, 3.63) is 64.4 Å². The largest absolute Gasteiger partial charge is 1.00 e. The van der Waals surface area contributed by atoms with Crippen LogP contribution in [-0.4, -0.2) is 60.5 Å². The Morgan fingerprint density at radius 2 is 1.82 bits per heavy atom. The van der Waals surface area contributed by atoms with Crippen LogP contribution >= 0.6 is 11.6 Å². The molecule has 0 bridgehead atoms. The number of ether oxygens (including phenoxy) is 1. The molecule has 1 heterocycles. The third kappa shape index (κ3) is 8.20. The fraction of sp³-hybridized carbons (Fsp3) is 0.409. The normalized spacial score (nSPS) is 19.1. The van der Waals surface area contributed by atoms with Crippen molar-refractivity contribution in [3.63, 3.8) is 0 Å². The molecule has 2 atom stereocenters. The molecule has 0 spiro atoms. The smallest absolute Gasteiger partial charge is 0.748 e. The van der Waals surface area contributed by atoms with Crippen molar-refractivity contribution in [2.45, 2.75) is 38.2 Å². The van der Waals surface area contributed by atoms with E-state index in [0.717, 1.165) is 5.56 Å². The van der Waals surface area contributed by atoms with Crippen LogP contribution in [0.3, 0.4) is 0 Å². The quantitative estimate of drug-likeness (QED) is 0.389. The molecule has 1 aliphatic rings. The van der Waals surface area contributed by atoms with E-state index in [1.54, 1.807) is 17.0 Å². The second kappa shape index (κ2) is 12.0. The van der Waals surface area contributed by atoms with Gasteiger partial charge in [-0.2, -0.15) is 0 Å². The molecule has 1 saturated heterocycles. The van der Waals surface area contributed by atoms with Gasteiger partial charge < -0.3 is 14.2 Å². The Hall–Kier alpha value is -1.20. The van der Waals surface area contributed by atoms with Gasteiger partial charge in [0, 0.05) is 42.3 Å². The van der Waals surface area contributed by atoms with Gasteiger partial charge in [-0.05, 0) is 49.7 Å². The van der Waals surface area contributed by atoms with E-state index in [1.807, 2.05) is 13.8 Å². The molecule has 0 aliphatic carbocycles. The summed E-state index contributed by atoms with van der Waals surface area (Å²) in [5, 5.41) is 0.266. The summed E-state index contributed by atoms with van der Waals surface area (Å²) in [5.74, 6) is -1.15. The zero-order chi connectivity index (χ0) is 23.5. The molecule has 174 valence electrons. The van der Waals surface area contributed by atoms with E-state index < -0.39 is 15.9 Å². The number of benzene rings is 2. The number of hydrogen-bond acceptors (Lipinski definition) is 6. The van der Waals surface area contributed by atoms with Crippen molar-refractivity contribution in [3.8, 4) is 5.75 Å². The van der Waals surface area contributed by atoms with Gasteiger partial charge in [-0.15, -0.1) is 0 Å². The summed E-state index contributed by atoms with van der Waals surface area (Å²) in [6, 6.07) is 10.7. The van der Waals surface area contributed by atoms with E-state index in [2.05, 4.69) is 4.90 Å². The van der Waals surface area contributed by atoms with Crippen LogP contribution < -0.4 is 34.3 Å². The van der Waals surface area contributed by atoms with Crippen LogP contribution in [0.25, 0.3) is 0 Å². The molecule has 1 fully saturated rings. The Morgan fingerprint density at radius 3 is 2.45 bits per heavy atom. The first-order chi connectivity index (χ1) is 15.0. The molecule has 1 amide bonds. The number of carbonyl (C=O) groups excluding carboxylic acids is 1. The monoisotopic (exact) mass is 506 g/mol. The van der Waals surface area contributed by atoms with Crippen LogP contribution in [0.1, 0.15) is 25.0 Å². The summed E-state index contributed by atoms with van der Waals surface area (Å²) in [4.78, 5) is 16.8. The van der Waals surface area contributed by atoms with Crippen molar-refractivity contribution >= 4 is 27.6 Å². The van der Waals surface area contributed by atoms with Crippen molar-refractivity contribution < 1.29 is 56.4 Å². The number of piperazine rings is 1. The Bertz CT molecular complexity index is 1070. The second-order valence-electron chi connectivity index (χ2n) is 8.04. The van der Waals surface area contributed by atoms with E-state index in [1.165, 1.54) is 30.3 Å². The van der Waals surface area contributed by atoms with Gasteiger partial charge >= 0.3 is 29.6 Å². The zero-order valence-electron chi connectivity index (χ0n) is 18.8. The maximum Gasteiger partial charge on any atom is 1.00 e. The predicted octanol–water partition coefficient (Wildman–Crippen LogP) is 0.0285. The minimum Gasteiger partial charge on any atom is -0.748 e. The van der Waals surface area contributed by atoms with Gasteiger partial charge in [-0.1, -0.05) is 23.7 Å². The molecule has 33 heavy (non-hydrogen) atoms. The van der Waals surface area contributed by atoms with E-state index in [-0.39, 0.29) is 76.3 Å². The third-order valence-corrected chi connectivity index (χ3v) is 6.34. The fourth-order valence-electron chi connectivity index (χ4n) is 3.80. The summed E-state index contributed by atoms with van der Waals surface area (Å²) in [5.41, 5.74) is 1.11. The third-order valence-electron chi connectivity index (χ3n) is 5.44. The molecular weight excluding hydrogens is 482 g/mol. The minimum atomic E-state index is -4.54. The summed E-state index contributed by atoms with van der Waals surface area (Å²) < 4.78 is 52.2. The van der Waals surface area contributed by atoms with Crippen LogP contribution in [0.15, 0.2) is 42.5 Å². The standard InChI is InChI=1S/C22H26ClFN2O5S.Na/c1-15-11-26(16(2)10-25(15)12-17-3-6-20(24)7-4-17)22(27)13-31-21-8-5-19(23)9-18(21)14-32(28,29)30;/h3-9,15-16H,10-14H2,1-2H3,(H,28,29,30);/q;+1/p-1/t15-,16+;/m0./s1. The Balaban J connectivity index is 0.00000385. The average Bonchev–Trinajstić information content (AvgIpc) is 2.70. The summed E-state index contributed by atoms with van der Waals surface area (Å²) >= 11 is 5.89. The Labute approximate surface area is 220 Å². The molecule has 1 aliphatic heterocycles. The van der Waals surface area contributed by atoms with Gasteiger partial charge in [-0.3, -0.25) is 9.69 Å². The number of carbonyl (C=O) groups is 1. The summed E-state index contributed by atoms with van der Waals surface area (Å²) in [7, 11) is -4.54. The maximum absolute atomic E-state index is 13.1. The molecule has 7 nitrogen and oxygen atoms in total. The zero-order valence-corrected chi connectivity index (χ0v) is 22.4. The van der Waals surface area contributed by atoms with Crippen LogP contribution in [0, 0.1) is 5.82 Å². The van der Waals surface area contributed by atoms with Crippen molar-refractivity contribution in [1.82, 2.24) is 9.80 Å². The molecular formula is C22H25ClFN2NaO5S. The summed E-state index contributed by atoms with van der Waals surface area (Å²) in [6.45, 7) is 5.47. The van der Waals surface area contributed by atoms with Crippen LogP contribution in [0.2, 0.25) is 5.02 Å². The van der Waals surface area contributed by atoms with Crippen molar-refractivity contribution in [2.75, 3.05) is 19.7 Å². The van der Waals surface area contributed by atoms with Gasteiger partial charge in [-0.25, -0.2) is 12.8 Å². The average molecular weight is 507 g/mol. The SMILES string of the molecule is C[C@@H]1CN(Cc2ccc(F)cc2)[C@@H](C)CN1C(=O)COc1ccc(Cl)cc1CS(=O)(=O)[O-].[Na+]. The number of halogens is 2. The number of hydrogen-bond donors (Lipinski definition) is 0. The fourth-order valence-corrected chi connectivity index (χ4v) is 4.61. The molecule has 2 aromatic carbocycles. The molecule has 0 N–H and O–H groups in total. The van der Waals surface area contributed by atoms with E-state index in [4.69, 9.17) is 16.3 Å². The molecule has 0 aromatic heterocycles. The minimum absolute atomic E-state index is 0. The van der Waals surface area contributed by atoms with E-state index in [0.29, 0.717) is 19.6 Å². The number of nitrogens with zero attached hydrogens (tertiary/aromatic N) is 2. The van der Waals surface area contributed by atoms with Gasteiger partial charge in [0.05, 0.1) is 15.9 Å². The Morgan fingerprint density at radius 1 is 1.15 bits per heavy atom. The van der Waals surface area contributed by atoms with Gasteiger partial charge in [0.25, 0.3) is 5.91 Å². The van der Waals surface area contributed by atoms with E-state index in [9.17, 15) is 22.2 Å². The van der Waals surface area contributed by atoms with Gasteiger partial charge in [0.15, 0.2) is 6.61 Å². The van der Waals surface area contributed by atoms with Crippen LogP contribution in [-0.2, 0) is 27.2 Å². The van der Waals surface area contributed by atoms with Crippen molar-refractivity contribution in [1.29, 1.82) is 0 Å². The van der Waals surface area contributed by atoms with Crippen molar-refractivity contribution in [2.24, 2.45) is 0 Å². The predicted molar refractivity (Wildman–Crippen MR) is 118 cm³/mol.